The minimum absolute atomic E-state index is 0.0778. The van der Waals surface area contributed by atoms with E-state index in [-0.39, 0.29) is 11.4 Å². The van der Waals surface area contributed by atoms with Gasteiger partial charge in [0.15, 0.2) is 0 Å². The third-order valence-electron chi connectivity index (χ3n) is 5.35. The maximum Gasteiger partial charge on any atom is 0.248 e. The number of nitrogens with one attached hydrogen (secondary N) is 2. The molecule has 2 fully saturated rings. The summed E-state index contributed by atoms with van der Waals surface area (Å²) in [6, 6.07) is 1.88. The Labute approximate surface area is 143 Å². The Morgan fingerprint density at radius 3 is 2.67 bits per heavy atom. The first-order chi connectivity index (χ1) is 11.5. The first-order valence-corrected chi connectivity index (χ1v) is 8.87. The molecule has 0 unspecified atom stereocenters. The van der Waals surface area contributed by atoms with E-state index in [0.717, 1.165) is 52.2 Å². The Bertz CT molecular complexity index is 531. The van der Waals surface area contributed by atoms with Crippen molar-refractivity contribution in [1.82, 2.24) is 25.3 Å². The van der Waals surface area contributed by atoms with Gasteiger partial charge in [-0.25, -0.2) is 0 Å². The van der Waals surface area contributed by atoms with Crippen LogP contribution in [0, 0.1) is 0 Å². The van der Waals surface area contributed by atoms with Crippen LogP contribution in [0.4, 0.5) is 0 Å². The van der Waals surface area contributed by atoms with Crippen LogP contribution in [0.1, 0.15) is 26.7 Å². The first kappa shape index (κ1) is 17.4. The van der Waals surface area contributed by atoms with E-state index < -0.39 is 5.54 Å². The second-order valence-electron chi connectivity index (χ2n) is 7.33. The Kier molecular flexibility index (Phi) is 5.22. The van der Waals surface area contributed by atoms with Gasteiger partial charge in [0.2, 0.25) is 5.91 Å². The standard InChI is InChI=1S/C17H29N5O2/c1-16(2,21-10-12-24-13-11-21)14-19-15(23)17(4-7-18-8-5-17)22-9-3-6-20-22/h3,6,9,18H,4-5,7-8,10-14H2,1-2H3,(H,19,23). The minimum atomic E-state index is -0.574. The summed E-state index contributed by atoms with van der Waals surface area (Å²) in [5.74, 6) is 0.0778. The third-order valence-corrected chi connectivity index (χ3v) is 5.35. The fourth-order valence-corrected chi connectivity index (χ4v) is 3.66. The lowest BCUT2D eigenvalue weighted by Crippen LogP contribution is -2.59. The van der Waals surface area contributed by atoms with Gasteiger partial charge in [0.05, 0.1) is 13.2 Å². The summed E-state index contributed by atoms with van der Waals surface area (Å²) in [5, 5.41) is 10.9. The second-order valence-corrected chi connectivity index (χ2v) is 7.33. The molecule has 0 spiro atoms. The van der Waals surface area contributed by atoms with Gasteiger partial charge in [-0.15, -0.1) is 0 Å². The summed E-state index contributed by atoms with van der Waals surface area (Å²) in [6.07, 6.45) is 5.17. The Morgan fingerprint density at radius 1 is 1.33 bits per heavy atom. The summed E-state index contributed by atoms with van der Waals surface area (Å²) in [4.78, 5) is 15.5. The molecule has 0 aliphatic carbocycles. The number of rotatable bonds is 5. The summed E-state index contributed by atoms with van der Waals surface area (Å²) in [6.45, 7) is 10.0. The zero-order valence-corrected chi connectivity index (χ0v) is 14.8. The third kappa shape index (κ3) is 3.48. The Balaban J connectivity index is 1.67. The first-order valence-electron chi connectivity index (χ1n) is 8.87. The molecule has 1 aromatic heterocycles. The molecular weight excluding hydrogens is 306 g/mol. The largest absolute Gasteiger partial charge is 0.379 e. The van der Waals surface area contributed by atoms with Crippen LogP contribution >= 0.6 is 0 Å². The topological polar surface area (TPSA) is 71.4 Å². The summed E-state index contributed by atoms with van der Waals surface area (Å²) < 4.78 is 7.27. The molecule has 0 radical (unpaired) electrons. The van der Waals surface area contributed by atoms with Crippen LogP contribution in [0.3, 0.4) is 0 Å². The van der Waals surface area contributed by atoms with Crippen molar-refractivity contribution in [2.24, 2.45) is 0 Å². The zero-order valence-electron chi connectivity index (χ0n) is 14.8. The molecule has 0 bridgehead atoms. The molecule has 2 saturated heterocycles. The molecule has 24 heavy (non-hydrogen) atoms. The average Bonchev–Trinajstić information content (AvgIpc) is 3.16. The molecule has 134 valence electrons. The molecule has 2 aliphatic rings. The number of piperidine rings is 1. The molecule has 0 saturated carbocycles. The van der Waals surface area contributed by atoms with Gasteiger partial charge in [-0.05, 0) is 45.8 Å². The molecule has 7 heteroatoms. The van der Waals surface area contributed by atoms with Crippen molar-refractivity contribution < 1.29 is 9.53 Å². The van der Waals surface area contributed by atoms with Gasteiger partial charge < -0.3 is 15.4 Å². The summed E-state index contributed by atoms with van der Waals surface area (Å²) in [7, 11) is 0. The number of carbonyl (C=O) groups is 1. The lowest BCUT2D eigenvalue weighted by molar-refractivity contribution is -0.132. The molecule has 2 aliphatic heterocycles. The van der Waals surface area contributed by atoms with Gasteiger partial charge in [-0.3, -0.25) is 14.4 Å². The smallest absolute Gasteiger partial charge is 0.248 e. The number of carbonyl (C=O) groups excluding carboxylic acids is 1. The lowest BCUT2D eigenvalue weighted by atomic mass is 9.87. The van der Waals surface area contributed by atoms with E-state index in [4.69, 9.17) is 4.74 Å². The highest BCUT2D eigenvalue weighted by atomic mass is 16.5. The van der Waals surface area contributed by atoms with Gasteiger partial charge >= 0.3 is 0 Å². The van der Waals surface area contributed by atoms with Crippen molar-refractivity contribution in [3.05, 3.63) is 18.5 Å². The van der Waals surface area contributed by atoms with Crippen LogP contribution in [-0.4, -0.2) is 72.1 Å². The van der Waals surface area contributed by atoms with Crippen LogP contribution in [0.15, 0.2) is 18.5 Å². The lowest BCUT2D eigenvalue weighted by Gasteiger charge is -2.42. The number of ether oxygens (including phenoxy) is 1. The van der Waals surface area contributed by atoms with Crippen LogP contribution in [0.5, 0.6) is 0 Å². The molecule has 3 rings (SSSR count). The van der Waals surface area contributed by atoms with Crippen LogP contribution in [0.25, 0.3) is 0 Å². The van der Waals surface area contributed by atoms with Gasteiger partial charge in [0.1, 0.15) is 5.54 Å². The van der Waals surface area contributed by atoms with E-state index in [1.54, 1.807) is 6.20 Å². The van der Waals surface area contributed by atoms with Crippen molar-refractivity contribution in [3.63, 3.8) is 0 Å². The molecular formula is C17H29N5O2. The van der Waals surface area contributed by atoms with Gasteiger partial charge in [0.25, 0.3) is 0 Å². The highest BCUT2D eigenvalue weighted by Crippen LogP contribution is 2.27. The maximum atomic E-state index is 13.1. The van der Waals surface area contributed by atoms with Crippen molar-refractivity contribution in [1.29, 1.82) is 0 Å². The van der Waals surface area contributed by atoms with E-state index in [1.807, 2.05) is 16.9 Å². The number of morpholine rings is 1. The number of nitrogens with zero attached hydrogens (tertiary/aromatic N) is 3. The molecule has 1 amide bonds. The van der Waals surface area contributed by atoms with E-state index in [9.17, 15) is 4.79 Å². The number of hydrogen-bond acceptors (Lipinski definition) is 5. The monoisotopic (exact) mass is 335 g/mol. The van der Waals surface area contributed by atoms with E-state index in [0.29, 0.717) is 6.54 Å². The van der Waals surface area contributed by atoms with Crippen molar-refractivity contribution >= 4 is 5.91 Å². The van der Waals surface area contributed by atoms with E-state index in [1.165, 1.54) is 0 Å². The van der Waals surface area contributed by atoms with Crippen LogP contribution in [-0.2, 0) is 15.1 Å². The van der Waals surface area contributed by atoms with Gasteiger partial charge in [-0.1, -0.05) is 0 Å². The fraction of sp³-hybridized carbons (Fsp3) is 0.765. The Morgan fingerprint density at radius 2 is 2.04 bits per heavy atom. The van der Waals surface area contributed by atoms with Crippen molar-refractivity contribution in [2.75, 3.05) is 45.9 Å². The van der Waals surface area contributed by atoms with E-state index in [2.05, 4.69) is 34.5 Å². The second kappa shape index (κ2) is 7.21. The quantitative estimate of drug-likeness (QED) is 0.804. The number of aromatic nitrogens is 2. The maximum absolute atomic E-state index is 13.1. The minimum Gasteiger partial charge on any atom is -0.379 e. The predicted molar refractivity (Wildman–Crippen MR) is 91.8 cm³/mol. The molecule has 0 atom stereocenters. The fourth-order valence-electron chi connectivity index (χ4n) is 3.66. The summed E-state index contributed by atoms with van der Waals surface area (Å²) >= 11 is 0. The molecule has 2 N–H and O–H groups in total. The van der Waals surface area contributed by atoms with Gasteiger partial charge in [0, 0.05) is 37.6 Å². The van der Waals surface area contributed by atoms with Gasteiger partial charge in [-0.2, -0.15) is 5.10 Å². The highest BCUT2D eigenvalue weighted by molar-refractivity contribution is 5.84. The SMILES string of the molecule is CC(C)(CNC(=O)C1(n2cccn2)CCNCC1)N1CCOCC1. The summed E-state index contributed by atoms with van der Waals surface area (Å²) in [5.41, 5.74) is -0.659. The molecule has 7 nitrogen and oxygen atoms in total. The molecule has 1 aromatic rings. The zero-order chi connectivity index (χ0) is 17.0. The van der Waals surface area contributed by atoms with E-state index >= 15 is 0 Å². The van der Waals surface area contributed by atoms with Crippen molar-refractivity contribution in [2.45, 2.75) is 37.8 Å². The van der Waals surface area contributed by atoms with Crippen LogP contribution < -0.4 is 10.6 Å². The average molecular weight is 335 g/mol. The van der Waals surface area contributed by atoms with Crippen LogP contribution in [0.2, 0.25) is 0 Å². The van der Waals surface area contributed by atoms with Crippen molar-refractivity contribution in [3.8, 4) is 0 Å². The molecule has 3 heterocycles. The predicted octanol–water partition coefficient (Wildman–Crippen LogP) is 0.189. The highest BCUT2D eigenvalue weighted by Gasteiger charge is 2.42. The Hall–Kier alpha value is -1.44. The number of amides is 1. The normalized spacial score (nSPS) is 22.2. The number of hydrogen-bond donors (Lipinski definition) is 2. The molecule has 0 aromatic carbocycles.